The molecule has 25 heteroatoms. The Hall–Kier alpha value is -7.44. The lowest BCUT2D eigenvalue weighted by molar-refractivity contribution is -0.142. The van der Waals surface area contributed by atoms with E-state index in [1.807, 2.05) is 0 Å². The molecule has 4 aromatic heterocycles. The maximum atomic E-state index is 14.3. The third-order valence-electron chi connectivity index (χ3n) is 11.2. The fraction of sp³-hybridized carbons (Fsp3) is 0.545. The number of carbonyl (C=O) groups excluding carboxylic acids is 7. The van der Waals surface area contributed by atoms with E-state index >= 15 is 0 Å². The van der Waals surface area contributed by atoms with Crippen LogP contribution in [0.1, 0.15) is 78.2 Å². The Morgan fingerprint density at radius 1 is 0.420 bits per heavy atom. The summed E-state index contributed by atoms with van der Waals surface area (Å²) < 4.78 is 0. The molecule has 8 atom stereocenters. The Bertz CT molecular complexity index is 2280. The molecule has 4 rings (SSSR count). The van der Waals surface area contributed by atoms with Gasteiger partial charge in [-0.25, -0.2) is 24.7 Å². The molecular weight excluding hydrogens is 897 g/mol. The zero-order chi connectivity index (χ0) is 50.9. The molecule has 4 aromatic rings. The van der Waals surface area contributed by atoms with Crippen molar-refractivity contribution in [3.05, 3.63) is 72.9 Å². The van der Waals surface area contributed by atoms with Crippen LogP contribution in [0.5, 0.6) is 0 Å². The number of carboxylic acids is 1. The number of aromatic nitrogens is 8. The molecular formula is C44H66N16O9. The molecule has 0 aliphatic carbocycles. The van der Waals surface area contributed by atoms with Crippen molar-refractivity contribution in [3.63, 3.8) is 0 Å². The molecule has 0 bridgehead atoms. The number of aliphatic carboxylic acids is 1. The van der Waals surface area contributed by atoms with Gasteiger partial charge in [0.05, 0.1) is 31.4 Å². The third-order valence-corrected chi connectivity index (χ3v) is 11.2. The van der Waals surface area contributed by atoms with Gasteiger partial charge in [-0.1, -0.05) is 55.4 Å². The van der Waals surface area contributed by atoms with Gasteiger partial charge in [0.1, 0.15) is 42.3 Å². The van der Waals surface area contributed by atoms with E-state index in [9.17, 15) is 43.5 Å². The topological polar surface area (TPSA) is 382 Å². The van der Waals surface area contributed by atoms with Gasteiger partial charge in [-0.2, -0.15) is 0 Å². The second-order valence-corrected chi connectivity index (χ2v) is 18.2. The second-order valence-electron chi connectivity index (χ2n) is 18.2. The number of imidazole rings is 4. The van der Waals surface area contributed by atoms with Gasteiger partial charge in [0, 0.05) is 73.2 Å². The number of aromatic amines is 4. The van der Waals surface area contributed by atoms with Crippen LogP contribution >= 0.6 is 0 Å². The molecule has 0 fully saturated rings. The molecule has 0 saturated carbocycles. The van der Waals surface area contributed by atoms with Crippen LogP contribution in [-0.4, -0.2) is 141 Å². The van der Waals surface area contributed by atoms with Crippen LogP contribution < -0.4 is 43.0 Å². The quantitative estimate of drug-likeness (QED) is 0.0316. The fourth-order valence-electron chi connectivity index (χ4n) is 7.01. The number of hydrogen-bond acceptors (Lipinski definition) is 13. The van der Waals surface area contributed by atoms with Crippen molar-refractivity contribution >= 4 is 47.3 Å². The summed E-state index contributed by atoms with van der Waals surface area (Å²) in [6.07, 6.45) is 11.0. The first kappa shape index (κ1) is 54.2. The summed E-state index contributed by atoms with van der Waals surface area (Å²) in [6.45, 7) is 13.5. The van der Waals surface area contributed by atoms with Crippen molar-refractivity contribution in [2.24, 2.45) is 29.4 Å². The number of rotatable bonds is 27. The van der Waals surface area contributed by atoms with Gasteiger partial charge >= 0.3 is 5.97 Å². The van der Waals surface area contributed by atoms with Crippen molar-refractivity contribution < 1.29 is 43.5 Å². The van der Waals surface area contributed by atoms with E-state index in [2.05, 4.69) is 77.1 Å². The SMILES string of the molecule is CC(C)C(N)C(=O)NC(Cc1cnc[nH]1)C(=O)NC(C(=O)NC(Cc1cnc[nH]1)C(=O)NC(C(=O)NC(Cc1cnc[nH]1)C(=O)NC(C(=O)NC(Cc1cnc[nH]1)C(=O)O)C(C)C)C(C)C)C(C)C. The molecule has 0 radical (unpaired) electrons. The first-order chi connectivity index (χ1) is 32.6. The number of nitrogens with two attached hydrogens (primary N) is 1. The first-order valence-electron chi connectivity index (χ1n) is 22.6. The molecule has 0 aliphatic rings. The predicted molar refractivity (Wildman–Crippen MR) is 248 cm³/mol. The molecule has 69 heavy (non-hydrogen) atoms. The monoisotopic (exact) mass is 963 g/mol. The van der Waals surface area contributed by atoms with Gasteiger partial charge in [-0.05, 0) is 23.7 Å². The van der Waals surface area contributed by atoms with Crippen LogP contribution in [0.3, 0.4) is 0 Å². The number of nitrogens with zero attached hydrogens (tertiary/aromatic N) is 4. The van der Waals surface area contributed by atoms with Crippen LogP contribution in [0, 0.1) is 23.7 Å². The van der Waals surface area contributed by atoms with Crippen LogP contribution in [0.2, 0.25) is 0 Å². The van der Waals surface area contributed by atoms with Gasteiger partial charge < -0.3 is 68.0 Å². The molecule has 0 aliphatic heterocycles. The lowest BCUT2D eigenvalue weighted by Gasteiger charge is -2.30. The van der Waals surface area contributed by atoms with Gasteiger partial charge in [-0.15, -0.1) is 0 Å². The average molecular weight is 963 g/mol. The summed E-state index contributed by atoms with van der Waals surface area (Å²) >= 11 is 0. The van der Waals surface area contributed by atoms with E-state index in [1.165, 1.54) is 50.1 Å². The van der Waals surface area contributed by atoms with Crippen LogP contribution in [0.4, 0.5) is 0 Å². The van der Waals surface area contributed by atoms with Crippen molar-refractivity contribution in [2.45, 2.75) is 129 Å². The normalized spacial score (nSPS) is 15.0. The molecule has 8 unspecified atom stereocenters. The van der Waals surface area contributed by atoms with Crippen molar-refractivity contribution in [3.8, 4) is 0 Å². The highest BCUT2D eigenvalue weighted by molar-refractivity contribution is 5.98. The Morgan fingerprint density at radius 2 is 0.681 bits per heavy atom. The minimum atomic E-state index is -1.36. The Kier molecular flexibility index (Phi) is 20.1. The van der Waals surface area contributed by atoms with E-state index in [0.29, 0.717) is 22.8 Å². The molecule has 7 amide bonds. The maximum absolute atomic E-state index is 14.3. The van der Waals surface area contributed by atoms with E-state index in [-0.39, 0.29) is 31.6 Å². The summed E-state index contributed by atoms with van der Waals surface area (Å²) in [7, 11) is 0. The predicted octanol–water partition coefficient (Wildman–Crippen LogP) is -1.72. The zero-order valence-electron chi connectivity index (χ0n) is 40.0. The molecule has 376 valence electrons. The smallest absolute Gasteiger partial charge is 0.326 e. The first-order valence-corrected chi connectivity index (χ1v) is 22.6. The highest BCUT2D eigenvalue weighted by atomic mass is 16.4. The summed E-state index contributed by atoms with van der Waals surface area (Å²) in [5, 5.41) is 28.6. The number of nitrogens with one attached hydrogen (secondary N) is 11. The van der Waals surface area contributed by atoms with E-state index in [4.69, 9.17) is 5.73 Å². The molecule has 14 N–H and O–H groups in total. The Labute approximate surface area is 398 Å². The summed E-state index contributed by atoms with van der Waals surface area (Å²) in [4.78, 5) is 137. The number of H-pyrrole nitrogens is 4. The van der Waals surface area contributed by atoms with Crippen LogP contribution in [0.15, 0.2) is 50.1 Å². The van der Waals surface area contributed by atoms with Crippen LogP contribution in [-0.2, 0) is 64.0 Å². The number of hydrogen-bond donors (Lipinski definition) is 13. The number of carboxylic acid groups (broad SMARTS) is 1. The summed E-state index contributed by atoms with van der Waals surface area (Å²) in [6, 6.07) is -9.87. The number of amides is 7. The maximum Gasteiger partial charge on any atom is 0.326 e. The Morgan fingerprint density at radius 3 is 0.913 bits per heavy atom. The lowest BCUT2D eigenvalue weighted by Crippen LogP contribution is -2.62. The zero-order valence-corrected chi connectivity index (χ0v) is 40.0. The highest BCUT2D eigenvalue weighted by Gasteiger charge is 2.37. The van der Waals surface area contributed by atoms with Gasteiger partial charge in [0.25, 0.3) is 0 Å². The third kappa shape index (κ3) is 16.4. The van der Waals surface area contributed by atoms with Crippen molar-refractivity contribution in [1.82, 2.24) is 77.1 Å². The lowest BCUT2D eigenvalue weighted by atomic mass is 9.99. The fourth-order valence-corrected chi connectivity index (χ4v) is 7.01. The van der Waals surface area contributed by atoms with Crippen molar-refractivity contribution in [2.75, 3.05) is 0 Å². The molecule has 0 aromatic carbocycles. The average Bonchev–Trinajstić information content (AvgIpc) is 4.15. The molecule has 25 nitrogen and oxygen atoms in total. The van der Waals surface area contributed by atoms with Crippen molar-refractivity contribution in [1.29, 1.82) is 0 Å². The van der Waals surface area contributed by atoms with E-state index in [0.717, 1.165) is 0 Å². The van der Waals surface area contributed by atoms with Gasteiger partial charge in [-0.3, -0.25) is 33.6 Å². The Balaban J connectivity index is 1.53. The second kappa shape index (κ2) is 25.6. The summed E-state index contributed by atoms with van der Waals surface area (Å²) in [5.41, 5.74) is 7.96. The van der Waals surface area contributed by atoms with Gasteiger partial charge in [0.15, 0.2) is 0 Å². The molecule has 0 saturated heterocycles. The standard InChI is InChI=1S/C44H66N16O9/c1-21(2)33(45)40(64)54-29(9-25-13-46-17-50-25)37(61)58-34(22(3)4)41(65)55-30(10-26-14-47-18-51-26)38(62)59-35(23(5)6)42(66)56-31(11-27-15-48-19-52-27)39(63)60-36(24(7)8)43(67)57-32(44(68)69)12-28-16-49-20-53-28/h13-24,29-36H,9-12,45H2,1-8H3,(H,46,50)(H,47,51)(H,48,52)(H,49,53)(H,54,64)(H,55,65)(H,56,66)(H,57,67)(H,58,61)(H,59,62)(H,60,63)(H,68,69). The minimum absolute atomic E-state index is 0.00309. The van der Waals surface area contributed by atoms with Crippen LogP contribution in [0.25, 0.3) is 0 Å². The summed E-state index contributed by atoms with van der Waals surface area (Å²) in [5.74, 6) is -8.34. The van der Waals surface area contributed by atoms with E-state index in [1.54, 1.807) is 55.4 Å². The van der Waals surface area contributed by atoms with E-state index < -0.39 is 113 Å². The molecule has 0 spiro atoms. The largest absolute Gasteiger partial charge is 0.480 e. The number of carbonyl (C=O) groups is 8. The minimum Gasteiger partial charge on any atom is -0.480 e. The van der Waals surface area contributed by atoms with Gasteiger partial charge in [0.2, 0.25) is 41.4 Å². The highest BCUT2D eigenvalue weighted by Crippen LogP contribution is 2.12. The molecule has 4 heterocycles.